The number of hydrogen-bond acceptors (Lipinski definition) is 4. The first-order chi connectivity index (χ1) is 11.5. The molecule has 0 fully saturated rings. The summed E-state index contributed by atoms with van der Waals surface area (Å²) in [6.07, 6.45) is -3.82. The molecule has 0 unspecified atom stereocenters. The molecule has 1 aromatic carbocycles. The van der Waals surface area contributed by atoms with Crippen LogP contribution >= 0.6 is 11.6 Å². The first-order valence-electron chi connectivity index (χ1n) is 6.62. The van der Waals surface area contributed by atoms with Crippen LogP contribution in [0.25, 0.3) is 22.4 Å². The first-order valence-corrected chi connectivity index (χ1v) is 7.00. The van der Waals surface area contributed by atoms with Crippen molar-refractivity contribution >= 4 is 22.7 Å². The van der Waals surface area contributed by atoms with E-state index < -0.39 is 45.4 Å². The van der Waals surface area contributed by atoms with E-state index in [-0.39, 0.29) is 11.3 Å². The molecule has 2 heterocycles. The highest BCUT2D eigenvalue weighted by molar-refractivity contribution is 6.30. The number of aromatic amines is 1. The normalized spacial score (nSPS) is 12.8. The minimum absolute atomic E-state index is 0.0540. The van der Waals surface area contributed by atoms with Crippen LogP contribution in [0.1, 0.15) is 18.2 Å². The molecular weight excluding hydrogens is 373 g/mol. The summed E-state index contributed by atoms with van der Waals surface area (Å²) in [4.78, 5) is 20.5. The Balaban J connectivity index is 2.24. The van der Waals surface area contributed by atoms with Crippen molar-refractivity contribution in [2.75, 3.05) is 0 Å². The van der Waals surface area contributed by atoms with Gasteiger partial charge >= 0.3 is 11.9 Å². The molecule has 3 aromatic rings. The molecule has 132 valence electrons. The van der Waals surface area contributed by atoms with Crippen molar-refractivity contribution in [1.29, 1.82) is 0 Å². The van der Waals surface area contributed by atoms with Crippen LogP contribution in [0.15, 0.2) is 27.5 Å². The van der Waals surface area contributed by atoms with E-state index in [0.717, 1.165) is 12.3 Å². The molecular formula is C14H7ClF5N3O2. The third kappa shape index (κ3) is 3.09. The lowest BCUT2D eigenvalue weighted by molar-refractivity contribution is -0.136. The van der Waals surface area contributed by atoms with E-state index in [1.54, 1.807) is 0 Å². The quantitative estimate of drug-likeness (QED) is 0.671. The smallest absolute Gasteiger partial charge is 0.407 e. The molecule has 11 heteroatoms. The average molecular weight is 380 g/mol. The number of halogens is 6. The Morgan fingerprint density at radius 1 is 1.20 bits per heavy atom. The van der Waals surface area contributed by atoms with Gasteiger partial charge in [0.15, 0.2) is 10.7 Å². The Morgan fingerprint density at radius 2 is 1.88 bits per heavy atom. The maximum Gasteiger partial charge on any atom is 0.418 e. The van der Waals surface area contributed by atoms with Gasteiger partial charge in [0.05, 0.1) is 17.5 Å². The maximum atomic E-state index is 13.3. The Kier molecular flexibility index (Phi) is 3.82. The van der Waals surface area contributed by atoms with Gasteiger partial charge in [-0.1, -0.05) is 11.6 Å². The number of oxazole rings is 1. The molecule has 0 aliphatic rings. The Labute approximate surface area is 140 Å². The zero-order valence-corrected chi connectivity index (χ0v) is 13.0. The summed E-state index contributed by atoms with van der Waals surface area (Å²) in [5, 5.41) is -0.615. The van der Waals surface area contributed by atoms with Gasteiger partial charge in [-0.2, -0.15) is 22.0 Å². The fourth-order valence-corrected chi connectivity index (χ4v) is 2.57. The molecule has 0 aliphatic carbocycles. The number of hydrogen-bond donors (Lipinski definition) is 1. The molecule has 0 amide bonds. The number of fused-ring (bicyclic) bond motifs is 1. The summed E-state index contributed by atoms with van der Waals surface area (Å²) in [6, 6.07) is 1.70. The van der Waals surface area contributed by atoms with Gasteiger partial charge in [0, 0.05) is 12.5 Å². The van der Waals surface area contributed by atoms with E-state index in [9.17, 15) is 26.7 Å². The molecule has 0 spiro atoms. The molecule has 25 heavy (non-hydrogen) atoms. The van der Waals surface area contributed by atoms with Crippen LogP contribution in [0.5, 0.6) is 0 Å². The maximum absolute atomic E-state index is 13.3. The Bertz CT molecular complexity index is 1020. The van der Waals surface area contributed by atoms with E-state index in [2.05, 4.69) is 9.97 Å². The minimum atomic E-state index is -4.74. The second-order valence-corrected chi connectivity index (χ2v) is 5.52. The van der Waals surface area contributed by atoms with Crippen molar-refractivity contribution in [3.8, 4) is 11.3 Å². The molecule has 3 rings (SSSR count). The standard InChI is InChI=1S/C14H7ClF5N3O2/c1-13(16,17)10-11(15)22-7(4-21-10)5-2-3-6(14(18,19)20)8-9(5)25-12(24)23-8/h2-4H,1H3,(H,23,24). The van der Waals surface area contributed by atoms with Crippen LogP contribution in [0.2, 0.25) is 5.15 Å². The van der Waals surface area contributed by atoms with E-state index in [0.29, 0.717) is 13.0 Å². The third-order valence-electron chi connectivity index (χ3n) is 3.31. The monoisotopic (exact) mass is 379 g/mol. The van der Waals surface area contributed by atoms with Crippen molar-refractivity contribution in [1.82, 2.24) is 15.0 Å². The topological polar surface area (TPSA) is 71.8 Å². The highest BCUT2D eigenvalue weighted by Gasteiger charge is 2.35. The van der Waals surface area contributed by atoms with Crippen molar-refractivity contribution in [3.63, 3.8) is 0 Å². The molecule has 0 saturated carbocycles. The lowest BCUT2D eigenvalue weighted by Gasteiger charge is -2.12. The lowest BCUT2D eigenvalue weighted by Crippen LogP contribution is -2.12. The number of aromatic nitrogens is 3. The number of nitrogens with zero attached hydrogens (tertiary/aromatic N) is 2. The van der Waals surface area contributed by atoms with Crippen molar-refractivity contribution in [2.45, 2.75) is 19.0 Å². The fourth-order valence-electron chi connectivity index (χ4n) is 2.26. The van der Waals surface area contributed by atoms with E-state index in [1.807, 2.05) is 4.98 Å². The molecule has 0 radical (unpaired) electrons. The van der Waals surface area contributed by atoms with E-state index in [1.165, 1.54) is 0 Å². The van der Waals surface area contributed by atoms with Crippen LogP contribution in [-0.2, 0) is 12.1 Å². The van der Waals surface area contributed by atoms with Crippen molar-refractivity contribution in [2.24, 2.45) is 0 Å². The van der Waals surface area contributed by atoms with Gasteiger partial charge in [-0.25, -0.2) is 14.8 Å². The summed E-state index contributed by atoms with van der Waals surface area (Å²) in [5.41, 5.74) is -3.09. The van der Waals surface area contributed by atoms with Gasteiger partial charge in [0.2, 0.25) is 0 Å². The minimum Gasteiger partial charge on any atom is -0.407 e. The van der Waals surface area contributed by atoms with Gasteiger partial charge in [0.1, 0.15) is 11.2 Å². The molecule has 0 saturated heterocycles. The predicted molar refractivity (Wildman–Crippen MR) is 77.4 cm³/mol. The van der Waals surface area contributed by atoms with Gasteiger partial charge < -0.3 is 4.42 Å². The summed E-state index contributed by atoms with van der Waals surface area (Å²) < 4.78 is 70.4. The SMILES string of the molecule is CC(F)(F)c1ncc(-c2ccc(C(F)(F)F)c3[nH]c(=O)oc23)nc1Cl. The number of H-pyrrole nitrogens is 1. The van der Waals surface area contributed by atoms with Gasteiger partial charge in [-0.3, -0.25) is 4.98 Å². The molecule has 0 bridgehead atoms. The molecule has 2 aromatic heterocycles. The van der Waals surface area contributed by atoms with E-state index in [4.69, 9.17) is 16.0 Å². The summed E-state index contributed by atoms with van der Waals surface area (Å²) in [6.45, 7) is 0.574. The highest BCUT2D eigenvalue weighted by Crippen LogP contribution is 2.38. The van der Waals surface area contributed by atoms with Gasteiger partial charge in [-0.05, 0) is 12.1 Å². The number of benzene rings is 1. The Hall–Kier alpha value is -2.49. The third-order valence-corrected chi connectivity index (χ3v) is 3.57. The summed E-state index contributed by atoms with van der Waals surface area (Å²) >= 11 is 5.69. The number of rotatable bonds is 2. The van der Waals surface area contributed by atoms with Gasteiger partial charge in [-0.15, -0.1) is 0 Å². The molecule has 5 nitrogen and oxygen atoms in total. The van der Waals surface area contributed by atoms with Crippen molar-refractivity contribution in [3.05, 3.63) is 45.3 Å². The number of alkyl halides is 5. The average Bonchev–Trinajstić information content (AvgIpc) is 2.84. The highest BCUT2D eigenvalue weighted by atomic mass is 35.5. The zero-order valence-electron chi connectivity index (χ0n) is 12.2. The summed E-state index contributed by atoms with van der Waals surface area (Å²) in [7, 11) is 0. The van der Waals surface area contributed by atoms with Crippen LogP contribution in [-0.4, -0.2) is 15.0 Å². The van der Waals surface area contributed by atoms with Crippen LogP contribution < -0.4 is 5.76 Å². The second-order valence-electron chi connectivity index (χ2n) is 5.16. The summed E-state index contributed by atoms with van der Waals surface area (Å²) in [5.74, 6) is -4.46. The molecule has 0 aliphatic heterocycles. The zero-order chi connectivity index (χ0) is 18.6. The largest absolute Gasteiger partial charge is 0.418 e. The molecule has 0 atom stereocenters. The van der Waals surface area contributed by atoms with Crippen LogP contribution in [0, 0.1) is 0 Å². The lowest BCUT2D eigenvalue weighted by atomic mass is 10.1. The fraction of sp³-hybridized carbons (Fsp3) is 0.214. The van der Waals surface area contributed by atoms with Crippen LogP contribution in [0.4, 0.5) is 22.0 Å². The van der Waals surface area contributed by atoms with Crippen molar-refractivity contribution < 1.29 is 26.4 Å². The predicted octanol–water partition coefficient (Wildman–Crippen LogP) is 4.36. The van der Waals surface area contributed by atoms with Crippen LogP contribution in [0.3, 0.4) is 0 Å². The Morgan fingerprint density at radius 3 is 2.44 bits per heavy atom. The van der Waals surface area contributed by atoms with E-state index >= 15 is 0 Å². The van der Waals surface area contributed by atoms with Gasteiger partial charge in [0.25, 0.3) is 5.92 Å². The first kappa shape index (κ1) is 17.3. The molecule has 1 N–H and O–H groups in total. The number of nitrogens with one attached hydrogen (secondary N) is 1. The second kappa shape index (κ2) is 5.51.